The highest BCUT2D eigenvalue weighted by molar-refractivity contribution is 5.41. The predicted octanol–water partition coefficient (Wildman–Crippen LogP) is 2.14. The van der Waals surface area contributed by atoms with Gasteiger partial charge in [0.2, 0.25) is 5.95 Å². The van der Waals surface area contributed by atoms with E-state index in [1.807, 2.05) is 0 Å². The zero-order valence-corrected chi connectivity index (χ0v) is 14.4. The van der Waals surface area contributed by atoms with Crippen LogP contribution in [0.15, 0.2) is 30.5 Å². The Hall–Kier alpha value is -2.25. The largest absolute Gasteiger partial charge is 0.355 e. The Morgan fingerprint density at radius 1 is 1.20 bits per heavy atom. The molecule has 0 atom stereocenters. The Bertz CT molecular complexity index is 723. The normalized spacial score (nSPS) is 19.3. The second kappa shape index (κ2) is 6.93. The topological polar surface area (TPSA) is 72.4 Å². The molecule has 0 bridgehead atoms. The van der Waals surface area contributed by atoms with E-state index in [-0.39, 0.29) is 5.79 Å². The van der Waals surface area contributed by atoms with Crippen molar-refractivity contribution in [2.24, 2.45) is 0 Å². The maximum absolute atomic E-state index is 5.78. The summed E-state index contributed by atoms with van der Waals surface area (Å²) in [7, 11) is 0. The highest BCUT2D eigenvalue weighted by Crippen LogP contribution is 2.32. The molecule has 2 aliphatic rings. The molecular weight excluding hydrogens is 318 g/mol. The minimum Gasteiger partial charge on any atom is -0.355 e. The van der Waals surface area contributed by atoms with Crippen molar-refractivity contribution in [3.63, 3.8) is 0 Å². The molecule has 0 amide bonds. The third-order valence-electron chi connectivity index (χ3n) is 4.74. The number of nitrogens with one attached hydrogen (secondary N) is 1. The van der Waals surface area contributed by atoms with Gasteiger partial charge in [0.05, 0.1) is 19.4 Å². The van der Waals surface area contributed by atoms with E-state index in [2.05, 4.69) is 56.6 Å². The van der Waals surface area contributed by atoms with Crippen LogP contribution in [0.1, 0.15) is 24.0 Å². The van der Waals surface area contributed by atoms with Gasteiger partial charge in [0, 0.05) is 32.5 Å². The third-order valence-corrected chi connectivity index (χ3v) is 4.74. The van der Waals surface area contributed by atoms with Crippen LogP contribution in [0.25, 0.3) is 0 Å². The van der Waals surface area contributed by atoms with Crippen LogP contribution >= 0.6 is 0 Å². The standard InChI is InChI=1S/C18H23N5O2/c1-14-3-2-4-15(11-14)12-19-17-21-16(13-20-22-17)23-7-5-18(6-8-23)24-9-10-25-18/h2-4,11,13H,5-10,12H2,1H3,(H,19,21,22). The molecule has 7 heteroatoms. The molecule has 0 aliphatic carbocycles. The summed E-state index contributed by atoms with van der Waals surface area (Å²) in [6, 6.07) is 8.38. The third kappa shape index (κ3) is 3.72. The Kier molecular flexibility index (Phi) is 4.50. The fraction of sp³-hybridized carbons (Fsp3) is 0.500. The van der Waals surface area contributed by atoms with Crippen molar-refractivity contribution >= 4 is 11.8 Å². The summed E-state index contributed by atoms with van der Waals surface area (Å²) in [6.07, 6.45) is 3.41. The summed E-state index contributed by atoms with van der Waals surface area (Å²) in [5, 5.41) is 11.4. The second-order valence-corrected chi connectivity index (χ2v) is 6.58. The molecule has 4 rings (SSSR count). The van der Waals surface area contributed by atoms with Crippen molar-refractivity contribution < 1.29 is 9.47 Å². The first-order valence-corrected chi connectivity index (χ1v) is 8.74. The summed E-state index contributed by atoms with van der Waals surface area (Å²) in [6.45, 7) is 5.84. The van der Waals surface area contributed by atoms with Crippen molar-refractivity contribution in [2.75, 3.05) is 36.5 Å². The number of anilines is 2. The van der Waals surface area contributed by atoms with Gasteiger partial charge in [-0.05, 0) is 12.5 Å². The number of hydrogen-bond acceptors (Lipinski definition) is 7. The molecule has 7 nitrogen and oxygen atoms in total. The first-order valence-electron chi connectivity index (χ1n) is 8.74. The van der Waals surface area contributed by atoms with Crippen LogP contribution in [-0.2, 0) is 16.0 Å². The molecule has 2 saturated heterocycles. The van der Waals surface area contributed by atoms with Crippen LogP contribution in [0.3, 0.4) is 0 Å². The monoisotopic (exact) mass is 341 g/mol. The summed E-state index contributed by atoms with van der Waals surface area (Å²) in [4.78, 5) is 6.82. The van der Waals surface area contributed by atoms with E-state index in [1.54, 1.807) is 6.20 Å². The maximum Gasteiger partial charge on any atom is 0.244 e. The first kappa shape index (κ1) is 16.2. The summed E-state index contributed by atoms with van der Waals surface area (Å²) in [5.41, 5.74) is 2.44. The molecule has 3 heterocycles. The summed E-state index contributed by atoms with van der Waals surface area (Å²) >= 11 is 0. The van der Waals surface area contributed by atoms with E-state index in [1.165, 1.54) is 11.1 Å². The number of aromatic nitrogens is 3. The summed E-state index contributed by atoms with van der Waals surface area (Å²) < 4.78 is 11.6. The molecule has 0 saturated carbocycles. The van der Waals surface area contributed by atoms with Crippen LogP contribution in [0.5, 0.6) is 0 Å². The van der Waals surface area contributed by atoms with Crippen LogP contribution in [-0.4, -0.2) is 47.3 Å². The zero-order valence-electron chi connectivity index (χ0n) is 14.4. The predicted molar refractivity (Wildman–Crippen MR) is 94.4 cm³/mol. The van der Waals surface area contributed by atoms with Gasteiger partial charge in [-0.2, -0.15) is 10.1 Å². The number of benzene rings is 1. The van der Waals surface area contributed by atoms with Crippen LogP contribution in [0, 0.1) is 6.92 Å². The molecule has 0 radical (unpaired) electrons. The Balaban J connectivity index is 1.38. The Labute approximate surface area is 147 Å². The smallest absolute Gasteiger partial charge is 0.244 e. The molecule has 2 aromatic rings. The van der Waals surface area contributed by atoms with Gasteiger partial charge in [-0.25, -0.2) is 0 Å². The van der Waals surface area contributed by atoms with Crippen molar-refractivity contribution in [3.05, 3.63) is 41.6 Å². The minimum atomic E-state index is -0.372. The zero-order chi connectivity index (χ0) is 17.1. The fourth-order valence-electron chi connectivity index (χ4n) is 3.39. The molecule has 25 heavy (non-hydrogen) atoms. The minimum absolute atomic E-state index is 0.372. The number of aryl methyl sites for hydroxylation is 1. The van der Waals surface area contributed by atoms with Crippen molar-refractivity contribution in [1.29, 1.82) is 0 Å². The molecule has 1 aromatic carbocycles. The lowest BCUT2D eigenvalue weighted by molar-refractivity contribution is -0.169. The van der Waals surface area contributed by atoms with E-state index < -0.39 is 0 Å². The van der Waals surface area contributed by atoms with Crippen molar-refractivity contribution in [1.82, 2.24) is 15.2 Å². The van der Waals surface area contributed by atoms with Crippen molar-refractivity contribution in [3.8, 4) is 0 Å². The van der Waals surface area contributed by atoms with E-state index in [0.717, 1.165) is 31.7 Å². The van der Waals surface area contributed by atoms with Gasteiger partial charge in [-0.3, -0.25) is 0 Å². The van der Waals surface area contributed by atoms with Gasteiger partial charge in [0.1, 0.15) is 0 Å². The van der Waals surface area contributed by atoms with Crippen LogP contribution in [0.2, 0.25) is 0 Å². The molecule has 1 spiro atoms. The van der Waals surface area contributed by atoms with Gasteiger partial charge < -0.3 is 19.7 Å². The number of nitrogens with zero attached hydrogens (tertiary/aromatic N) is 4. The number of hydrogen-bond donors (Lipinski definition) is 1. The second-order valence-electron chi connectivity index (χ2n) is 6.58. The Morgan fingerprint density at radius 3 is 2.76 bits per heavy atom. The number of piperidine rings is 1. The highest BCUT2D eigenvalue weighted by atomic mass is 16.7. The van der Waals surface area contributed by atoms with Gasteiger partial charge in [-0.1, -0.05) is 29.8 Å². The molecule has 1 N–H and O–H groups in total. The van der Waals surface area contributed by atoms with Gasteiger partial charge >= 0.3 is 0 Å². The lowest BCUT2D eigenvalue weighted by atomic mass is 10.0. The average Bonchev–Trinajstić information content (AvgIpc) is 3.09. The highest BCUT2D eigenvalue weighted by Gasteiger charge is 2.40. The lowest BCUT2D eigenvalue weighted by Gasteiger charge is -2.37. The molecule has 1 aromatic heterocycles. The molecule has 0 unspecified atom stereocenters. The fourth-order valence-corrected chi connectivity index (χ4v) is 3.39. The summed E-state index contributed by atoms with van der Waals surface area (Å²) in [5.74, 6) is 1.02. The lowest BCUT2D eigenvalue weighted by Crippen LogP contribution is -2.45. The van der Waals surface area contributed by atoms with Crippen LogP contribution in [0.4, 0.5) is 11.8 Å². The van der Waals surface area contributed by atoms with Gasteiger partial charge in [0.15, 0.2) is 11.6 Å². The maximum atomic E-state index is 5.78. The van der Waals surface area contributed by atoms with E-state index in [4.69, 9.17) is 9.47 Å². The van der Waals surface area contributed by atoms with Crippen molar-refractivity contribution in [2.45, 2.75) is 32.1 Å². The quantitative estimate of drug-likeness (QED) is 0.913. The average molecular weight is 341 g/mol. The van der Waals surface area contributed by atoms with E-state index >= 15 is 0 Å². The molecular formula is C18H23N5O2. The van der Waals surface area contributed by atoms with Gasteiger partial charge in [0.25, 0.3) is 0 Å². The van der Waals surface area contributed by atoms with E-state index in [9.17, 15) is 0 Å². The molecule has 2 fully saturated rings. The van der Waals surface area contributed by atoms with Gasteiger partial charge in [-0.15, -0.1) is 5.10 Å². The van der Waals surface area contributed by atoms with E-state index in [0.29, 0.717) is 25.7 Å². The Morgan fingerprint density at radius 2 is 2.00 bits per heavy atom. The number of rotatable bonds is 4. The van der Waals surface area contributed by atoms with Crippen LogP contribution < -0.4 is 10.2 Å². The first-order chi connectivity index (χ1) is 12.2. The molecule has 132 valence electrons. The SMILES string of the molecule is Cc1cccc(CNc2nncc(N3CCC4(CC3)OCCO4)n2)c1. The molecule has 2 aliphatic heterocycles. The number of ether oxygens (including phenoxy) is 2.